The third-order valence-corrected chi connectivity index (χ3v) is 5.04. The lowest BCUT2D eigenvalue weighted by atomic mass is 10.1. The molecule has 134 valence electrons. The van der Waals surface area contributed by atoms with Gasteiger partial charge >= 0.3 is 5.97 Å². The first-order valence-corrected chi connectivity index (χ1v) is 9.09. The van der Waals surface area contributed by atoms with E-state index < -0.39 is 5.97 Å². The number of nitrogens with zero attached hydrogens (tertiary/aromatic N) is 3. The number of aromatic nitrogens is 2. The smallest absolute Gasteiger partial charge is 0.307 e. The van der Waals surface area contributed by atoms with Crippen LogP contribution in [0, 0.1) is 5.92 Å². The largest absolute Gasteiger partial charge is 0.481 e. The zero-order valence-electron chi connectivity index (χ0n) is 15.1. The van der Waals surface area contributed by atoms with Crippen molar-refractivity contribution in [3.63, 3.8) is 0 Å². The van der Waals surface area contributed by atoms with Crippen molar-refractivity contribution in [1.82, 2.24) is 14.7 Å². The second kappa shape index (κ2) is 7.83. The molecule has 0 aliphatic heterocycles. The predicted octanol–water partition coefficient (Wildman–Crippen LogP) is 3.82. The number of carboxylic acids is 1. The molecule has 1 fully saturated rings. The lowest BCUT2D eigenvalue weighted by Crippen LogP contribution is -2.28. The Morgan fingerprint density at radius 3 is 2.64 bits per heavy atom. The summed E-state index contributed by atoms with van der Waals surface area (Å²) in [5.41, 5.74) is 3.53. The molecular weight excluding hydrogens is 314 g/mol. The molecule has 1 aliphatic carbocycles. The van der Waals surface area contributed by atoms with Crippen molar-refractivity contribution in [3.8, 4) is 11.3 Å². The summed E-state index contributed by atoms with van der Waals surface area (Å²) >= 11 is 0. The van der Waals surface area contributed by atoms with Gasteiger partial charge in [0.25, 0.3) is 0 Å². The van der Waals surface area contributed by atoms with Crippen LogP contribution in [-0.2, 0) is 11.3 Å². The monoisotopic (exact) mass is 341 g/mol. The van der Waals surface area contributed by atoms with E-state index in [-0.39, 0.29) is 5.92 Å². The van der Waals surface area contributed by atoms with Crippen LogP contribution in [0.15, 0.2) is 36.5 Å². The molecular formula is C20H27N3O2. The van der Waals surface area contributed by atoms with Gasteiger partial charge in [0.05, 0.1) is 23.9 Å². The first-order valence-electron chi connectivity index (χ1n) is 9.09. The number of rotatable bonds is 7. The SMILES string of the molecule is CC(CN(C)Cc1cnn(C2CCCC2)c1-c1ccccc1)C(=O)O. The van der Waals surface area contributed by atoms with Crippen LogP contribution in [0.2, 0.25) is 0 Å². The maximum atomic E-state index is 11.1. The van der Waals surface area contributed by atoms with Crippen molar-refractivity contribution in [3.05, 3.63) is 42.1 Å². The Kier molecular flexibility index (Phi) is 5.53. The van der Waals surface area contributed by atoms with Crippen LogP contribution in [0.4, 0.5) is 0 Å². The second-order valence-corrected chi connectivity index (χ2v) is 7.20. The molecule has 2 aromatic rings. The van der Waals surface area contributed by atoms with Gasteiger partial charge in [0.1, 0.15) is 0 Å². The van der Waals surface area contributed by atoms with Gasteiger partial charge in [-0.05, 0) is 19.9 Å². The Hall–Kier alpha value is -2.14. The average Bonchev–Trinajstić information content (AvgIpc) is 3.24. The predicted molar refractivity (Wildman–Crippen MR) is 98.3 cm³/mol. The summed E-state index contributed by atoms with van der Waals surface area (Å²) in [5, 5.41) is 13.8. The Bertz CT molecular complexity index is 705. The molecule has 1 heterocycles. The average molecular weight is 341 g/mol. The maximum absolute atomic E-state index is 11.1. The zero-order chi connectivity index (χ0) is 17.8. The van der Waals surface area contributed by atoms with Crippen molar-refractivity contribution in [2.75, 3.05) is 13.6 Å². The fraction of sp³-hybridized carbons (Fsp3) is 0.500. The van der Waals surface area contributed by atoms with Crippen LogP contribution < -0.4 is 0 Å². The molecule has 0 amide bonds. The number of carbonyl (C=O) groups is 1. The minimum atomic E-state index is -0.753. The van der Waals surface area contributed by atoms with Crippen LogP contribution in [0.5, 0.6) is 0 Å². The fourth-order valence-corrected chi connectivity index (χ4v) is 3.75. The van der Waals surface area contributed by atoms with E-state index in [4.69, 9.17) is 10.2 Å². The van der Waals surface area contributed by atoms with Crippen molar-refractivity contribution >= 4 is 5.97 Å². The van der Waals surface area contributed by atoms with E-state index in [0.717, 1.165) is 5.56 Å². The number of aliphatic carboxylic acids is 1. The van der Waals surface area contributed by atoms with Crippen LogP contribution in [0.25, 0.3) is 11.3 Å². The Balaban J connectivity index is 1.87. The quantitative estimate of drug-likeness (QED) is 0.832. The van der Waals surface area contributed by atoms with Crippen molar-refractivity contribution in [2.24, 2.45) is 5.92 Å². The van der Waals surface area contributed by atoms with Gasteiger partial charge < -0.3 is 10.0 Å². The molecule has 1 aromatic heterocycles. The van der Waals surface area contributed by atoms with Crippen molar-refractivity contribution in [2.45, 2.75) is 45.2 Å². The van der Waals surface area contributed by atoms with Crippen LogP contribution >= 0.6 is 0 Å². The van der Waals surface area contributed by atoms with Gasteiger partial charge in [-0.1, -0.05) is 50.1 Å². The number of carboxylic acid groups (broad SMARTS) is 1. The Labute approximate surface area is 149 Å². The van der Waals surface area contributed by atoms with Gasteiger partial charge in [0.15, 0.2) is 0 Å². The highest BCUT2D eigenvalue weighted by Crippen LogP contribution is 2.35. The molecule has 0 saturated heterocycles. The van der Waals surface area contributed by atoms with Gasteiger partial charge in [-0.15, -0.1) is 0 Å². The molecule has 3 rings (SSSR count). The summed E-state index contributed by atoms with van der Waals surface area (Å²) < 4.78 is 2.20. The highest BCUT2D eigenvalue weighted by Gasteiger charge is 2.24. The first kappa shape index (κ1) is 17.7. The molecule has 0 radical (unpaired) electrons. The molecule has 5 nitrogen and oxygen atoms in total. The lowest BCUT2D eigenvalue weighted by molar-refractivity contribution is -0.141. The molecule has 1 aliphatic rings. The summed E-state index contributed by atoms with van der Waals surface area (Å²) in [6.45, 7) is 2.98. The van der Waals surface area contributed by atoms with E-state index in [1.165, 1.54) is 36.9 Å². The topological polar surface area (TPSA) is 58.4 Å². The maximum Gasteiger partial charge on any atom is 0.307 e. The number of hydrogen-bond acceptors (Lipinski definition) is 3. The Morgan fingerprint density at radius 2 is 2.00 bits per heavy atom. The van der Waals surface area contributed by atoms with Gasteiger partial charge in [-0.2, -0.15) is 5.10 Å². The van der Waals surface area contributed by atoms with E-state index in [1.807, 2.05) is 19.3 Å². The molecule has 0 bridgehead atoms. The van der Waals surface area contributed by atoms with Crippen LogP contribution in [0.3, 0.4) is 0 Å². The summed E-state index contributed by atoms with van der Waals surface area (Å²) in [4.78, 5) is 13.2. The van der Waals surface area contributed by atoms with E-state index in [1.54, 1.807) is 6.92 Å². The Morgan fingerprint density at radius 1 is 1.32 bits per heavy atom. The first-order chi connectivity index (χ1) is 12.1. The molecule has 1 atom stereocenters. The lowest BCUT2D eigenvalue weighted by Gasteiger charge is -2.20. The van der Waals surface area contributed by atoms with Gasteiger partial charge in [-0.25, -0.2) is 0 Å². The molecule has 25 heavy (non-hydrogen) atoms. The molecule has 1 unspecified atom stereocenters. The molecule has 0 spiro atoms. The summed E-state index contributed by atoms with van der Waals surface area (Å²) in [7, 11) is 1.97. The summed E-state index contributed by atoms with van der Waals surface area (Å²) in [6.07, 6.45) is 6.87. The second-order valence-electron chi connectivity index (χ2n) is 7.20. The third-order valence-electron chi connectivity index (χ3n) is 5.04. The third kappa shape index (κ3) is 4.10. The van der Waals surface area contributed by atoms with Gasteiger partial charge in [0, 0.05) is 24.2 Å². The highest BCUT2D eigenvalue weighted by atomic mass is 16.4. The summed E-state index contributed by atoms with van der Waals surface area (Å²) in [5.74, 6) is -1.13. The highest BCUT2D eigenvalue weighted by molar-refractivity contribution is 5.69. The standard InChI is InChI=1S/C20H27N3O2/c1-15(20(24)25)13-22(2)14-17-12-21-23(18-10-6-7-11-18)19(17)16-8-4-3-5-9-16/h3-5,8-9,12,15,18H,6-7,10-11,13-14H2,1-2H3,(H,24,25). The summed E-state index contributed by atoms with van der Waals surface area (Å²) in [6, 6.07) is 10.9. The van der Waals surface area contributed by atoms with Gasteiger partial charge in [-0.3, -0.25) is 9.48 Å². The van der Waals surface area contributed by atoms with E-state index >= 15 is 0 Å². The van der Waals surface area contributed by atoms with E-state index in [9.17, 15) is 4.79 Å². The molecule has 1 saturated carbocycles. The van der Waals surface area contributed by atoms with Crippen LogP contribution in [0.1, 0.15) is 44.2 Å². The minimum absolute atomic E-state index is 0.380. The van der Waals surface area contributed by atoms with Crippen LogP contribution in [-0.4, -0.2) is 39.3 Å². The van der Waals surface area contributed by atoms with E-state index in [0.29, 0.717) is 19.1 Å². The van der Waals surface area contributed by atoms with Crippen molar-refractivity contribution in [1.29, 1.82) is 0 Å². The normalized spacial score (nSPS) is 16.4. The fourth-order valence-electron chi connectivity index (χ4n) is 3.75. The molecule has 5 heteroatoms. The zero-order valence-corrected chi connectivity index (χ0v) is 15.1. The minimum Gasteiger partial charge on any atom is -0.481 e. The van der Waals surface area contributed by atoms with E-state index in [2.05, 4.69) is 33.8 Å². The van der Waals surface area contributed by atoms with Gasteiger partial charge in [0.2, 0.25) is 0 Å². The molecule has 1 aromatic carbocycles. The number of hydrogen-bond donors (Lipinski definition) is 1. The van der Waals surface area contributed by atoms with Crippen molar-refractivity contribution < 1.29 is 9.90 Å². The number of benzene rings is 1. The molecule has 1 N–H and O–H groups in total.